The Labute approximate surface area is 199 Å². The quantitative estimate of drug-likeness (QED) is 0.422. The third-order valence-corrected chi connectivity index (χ3v) is 6.34. The Morgan fingerprint density at radius 3 is 2.32 bits per heavy atom. The van der Waals surface area contributed by atoms with Gasteiger partial charge in [-0.25, -0.2) is 14.5 Å². The number of fused-ring (bicyclic) bond motifs is 1. The van der Waals surface area contributed by atoms with E-state index in [1.807, 2.05) is 0 Å². The van der Waals surface area contributed by atoms with Crippen molar-refractivity contribution in [3.05, 3.63) is 78.1 Å². The number of imide groups is 1. The Balaban J connectivity index is 1.75. The molecular weight excluding hydrogens is 465 g/mol. The smallest absolute Gasteiger partial charge is 0.297 e. The molecule has 4 amide bonds. The van der Waals surface area contributed by atoms with Crippen LogP contribution in [0.2, 0.25) is 0 Å². The van der Waals surface area contributed by atoms with E-state index in [2.05, 4.69) is 4.98 Å². The minimum Gasteiger partial charge on any atom is -0.297 e. The van der Waals surface area contributed by atoms with Gasteiger partial charge in [-0.05, 0) is 54.6 Å². The molecule has 0 bridgehead atoms. The maximum Gasteiger partial charge on any atom is 0.417 e. The minimum atomic E-state index is -4.57. The van der Waals surface area contributed by atoms with E-state index in [1.54, 1.807) is 48.7 Å². The average molecular weight is 487 g/mol. The SMILES string of the molecule is CSc1cc2c(cc1C(F)(F)F)N(C(=O)N(C(=O)N(C)c1ccncc1)c1ccccc1)CC2. The molecule has 0 N–H and O–H groups in total. The van der Waals surface area contributed by atoms with Gasteiger partial charge in [0.05, 0.1) is 11.3 Å². The van der Waals surface area contributed by atoms with Crippen LogP contribution >= 0.6 is 11.8 Å². The number of hydrogen-bond acceptors (Lipinski definition) is 4. The monoisotopic (exact) mass is 486 g/mol. The molecular formula is C24H21F3N4O2S. The molecule has 0 spiro atoms. The lowest BCUT2D eigenvalue weighted by molar-refractivity contribution is -0.139. The Hall–Kier alpha value is -3.53. The van der Waals surface area contributed by atoms with Gasteiger partial charge < -0.3 is 0 Å². The highest BCUT2D eigenvalue weighted by Gasteiger charge is 2.39. The maximum absolute atomic E-state index is 13.7. The van der Waals surface area contributed by atoms with Gasteiger partial charge in [0, 0.05) is 42.3 Å². The summed E-state index contributed by atoms with van der Waals surface area (Å²) in [6.45, 7) is 0.166. The standard InChI is InChI=1S/C24H21F3N4O2S/c1-29(17-8-11-28-12-9-17)22(32)31(18-6-4-3-5-7-18)23(33)30-13-10-16-14-21(34-2)19(15-20(16)30)24(25,26)27/h3-9,11-12,14-15H,10,13H2,1-2H3. The summed E-state index contributed by atoms with van der Waals surface area (Å²) in [6.07, 6.45) is 0.448. The second kappa shape index (κ2) is 9.38. The number of carbonyl (C=O) groups is 2. The van der Waals surface area contributed by atoms with E-state index in [0.29, 0.717) is 23.4 Å². The van der Waals surface area contributed by atoms with Crippen molar-refractivity contribution in [1.29, 1.82) is 0 Å². The molecule has 1 aliphatic rings. The lowest BCUT2D eigenvalue weighted by Crippen LogP contribution is -2.51. The van der Waals surface area contributed by atoms with Gasteiger partial charge in [0.1, 0.15) is 0 Å². The van der Waals surface area contributed by atoms with Gasteiger partial charge in [-0.2, -0.15) is 13.2 Å². The third-order valence-electron chi connectivity index (χ3n) is 5.57. The van der Waals surface area contributed by atoms with Crippen LogP contribution < -0.4 is 14.7 Å². The number of thioether (sulfide) groups is 1. The van der Waals surface area contributed by atoms with E-state index in [4.69, 9.17) is 0 Å². The average Bonchev–Trinajstić information content (AvgIpc) is 3.26. The largest absolute Gasteiger partial charge is 0.417 e. The van der Waals surface area contributed by atoms with E-state index in [9.17, 15) is 22.8 Å². The molecule has 0 saturated heterocycles. The first-order chi connectivity index (χ1) is 16.2. The first-order valence-corrected chi connectivity index (χ1v) is 11.6. The Morgan fingerprint density at radius 2 is 1.71 bits per heavy atom. The summed E-state index contributed by atoms with van der Waals surface area (Å²) in [6, 6.07) is 12.7. The molecule has 1 aliphatic heterocycles. The number of urea groups is 2. The molecule has 4 rings (SSSR count). The molecule has 10 heteroatoms. The summed E-state index contributed by atoms with van der Waals surface area (Å²) in [4.78, 5) is 34.7. The van der Waals surface area contributed by atoms with Crippen molar-refractivity contribution in [1.82, 2.24) is 4.98 Å². The second-order valence-corrected chi connectivity index (χ2v) is 8.43. The van der Waals surface area contributed by atoms with Crippen LogP contribution in [0.3, 0.4) is 0 Å². The molecule has 0 aliphatic carbocycles. The predicted octanol–water partition coefficient (Wildman–Crippen LogP) is 6.07. The zero-order chi connectivity index (χ0) is 24.5. The van der Waals surface area contributed by atoms with Gasteiger partial charge in [-0.1, -0.05) is 18.2 Å². The van der Waals surface area contributed by atoms with Crippen LogP contribution in [0.15, 0.2) is 71.9 Å². The van der Waals surface area contributed by atoms with Crippen LogP contribution in [0.1, 0.15) is 11.1 Å². The molecule has 34 heavy (non-hydrogen) atoms. The number of aromatic nitrogens is 1. The summed E-state index contributed by atoms with van der Waals surface area (Å²) >= 11 is 1.01. The van der Waals surface area contributed by atoms with Crippen molar-refractivity contribution in [2.75, 3.05) is 34.5 Å². The number of amides is 4. The number of rotatable bonds is 3. The first-order valence-electron chi connectivity index (χ1n) is 10.3. The van der Waals surface area contributed by atoms with E-state index >= 15 is 0 Å². The number of pyridine rings is 1. The Bertz CT molecular complexity index is 1210. The van der Waals surface area contributed by atoms with Crippen LogP contribution in [0.4, 0.5) is 39.8 Å². The van der Waals surface area contributed by atoms with Crippen LogP contribution in [0, 0.1) is 0 Å². The molecule has 0 fully saturated rings. The van der Waals surface area contributed by atoms with E-state index < -0.39 is 23.8 Å². The fraction of sp³-hybridized carbons (Fsp3) is 0.208. The van der Waals surface area contributed by atoms with E-state index in [1.165, 1.54) is 35.3 Å². The van der Waals surface area contributed by atoms with Crippen molar-refractivity contribution in [3.63, 3.8) is 0 Å². The fourth-order valence-electron chi connectivity index (χ4n) is 3.83. The fourth-order valence-corrected chi connectivity index (χ4v) is 4.49. The number of halogens is 3. The number of carbonyl (C=O) groups excluding carboxylic acids is 2. The normalized spacial score (nSPS) is 12.9. The van der Waals surface area contributed by atoms with Crippen molar-refractivity contribution >= 4 is 40.9 Å². The number of hydrogen-bond donors (Lipinski definition) is 0. The summed E-state index contributed by atoms with van der Waals surface area (Å²) in [5, 5.41) is 0. The van der Waals surface area contributed by atoms with Gasteiger partial charge in [0.2, 0.25) is 0 Å². The molecule has 2 aromatic carbocycles. The molecule has 176 valence electrons. The maximum atomic E-state index is 13.7. The summed E-state index contributed by atoms with van der Waals surface area (Å²) in [5.74, 6) is 0. The van der Waals surface area contributed by atoms with Crippen molar-refractivity contribution < 1.29 is 22.8 Å². The molecule has 6 nitrogen and oxygen atoms in total. The van der Waals surface area contributed by atoms with E-state index in [-0.39, 0.29) is 17.1 Å². The molecule has 1 aromatic heterocycles. The zero-order valence-electron chi connectivity index (χ0n) is 18.4. The Kier molecular flexibility index (Phi) is 6.52. The topological polar surface area (TPSA) is 56.8 Å². The number of anilines is 3. The molecule has 2 heterocycles. The molecule has 0 saturated carbocycles. The highest BCUT2D eigenvalue weighted by atomic mass is 32.2. The number of benzene rings is 2. The lowest BCUT2D eigenvalue weighted by Gasteiger charge is -2.30. The lowest BCUT2D eigenvalue weighted by atomic mass is 10.1. The van der Waals surface area contributed by atoms with Crippen molar-refractivity contribution in [2.24, 2.45) is 0 Å². The van der Waals surface area contributed by atoms with E-state index in [0.717, 1.165) is 22.7 Å². The van der Waals surface area contributed by atoms with Crippen LogP contribution in [-0.4, -0.2) is 36.9 Å². The Morgan fingerprint density at radius 1 is 1.03 bits per heavy atom. The minimum absolute atomic E-state index is 0.106. The molecule has 0 atom stereocenters. The van der Waals surface area contributed by atoms with Crippen LogP contribution in [0.25, 0.3) is 0 Å². The van der Waals surface area contributed by atoms with Gasteiger partial charge >= 0.3 is 18.2 Å². The number of nitrogens with zero attached hydrogens (tertiary/aromatic N) is 4. The van der Waals surface area contributed by atoms with Gasteiger partial charge in [0.15, 0.2) is 0 Å². The summed E-state index contributed by atoms with van der Waals surface area (Å²) < 4.78 is 41.1. The van der Waals surface area contributed by atoms with Crippen molar-refractivity contribution in [2.45, 2.75) is 17.5 Å². The summed E-state index contributed by atoms with van der Waals surface area (Å²) in [7, 11) is 1.52. The molecule has 3 aromatic rings. The van der Waals surface area contributed by atoms with Crippen molar-refractivity contribution in [3.8, 4) is 0 Å². The highest BCUT2D eigenvalue weighted by molar-refractivity contribution is 7.98. The van der Waals surface area contributed by atoms with Gasteiger partial charge in [-0.3, -0.25) is 14.8 Å². The summed E-state index contributed by atoms with van der Waals surface area (Å²) in [5.41, 5.74) is 0.817. The van der Waals surface area contributed by atoms with Gasteiger partial charge in [0.25, 0.3) is 0 Å². The predicted molar refractivity (Wildman–Crippen MR) is 127 cm³/mol. The molecule has 0 radical (unpaired) electrons. The number of para-hydroxylation sites is 1. The number of alkyl halides is 3. The zero-order valence-corrected chi connectivity index (χ0v) is 19.2. The van der Waals surface area contributed by atoms with Crippen LogP contribution in [-0.2, 0) is 12.6 Å². The molecule has 0 unspecified atom stereocenters. The van der Waals surface area contributed by atoms with Gasteiger partial charge in [-0.15, -0.1) is 11.8 Å². The third kappa shape index (κ3) is 4.45. The highest BCUT2D eigenvalue weighted by Crippen LogP contribution is 2.42. The second-order valence-electron chi connectivity index (χ2n) is 7.58. The van der Waals surface area contributed by atoms with Crippen LogP contribution in [0.5, 0.6) is 0 Å². The first kappa shape index (κ1) is 23.6.